The number of pyridine rings is 1. The Morgan fingerprint density at radius 3 is 2.21 bits per heavy atom. The first-order chi connectivity index (χ1) is 12.8. The van der Waals surface area contributed by atoms with Gasteiger partial charge in [-0.1, -0.05) is 23.8 Å². The molecule has 0 saturated carbocycles. The Morgan fingerprint density at radius 1 is 1.00 bits per heavy atom. The van der Waals surface area contributed by atoms with Crippen molar-refractivity contribution in [1.29, 1.82) is 0 Å². The second kappa shape index (κ2) is 10.8. The summed E-state index contributed by atoms with van der Waals surface area (Å²) in [5.41, 5.74) is 6.63. The van der Waals surface area contributed by atoms with Crippen molar-refractivity contribution in [1.82, 2.24) is 4.98 Å². The van der Waals surface area contributed by atoms with Crippen LogP contribution in [-0.4, -0.2) is 10.8 Å². The fourth-order valence-corrected chi connectivity index (χ4v) is 2.63. The van der Waals surface area contributed by atoms with Gasteiger partial charge in [-0.3, -0.25) is 9.78 Å². The van der Waals surface area contributed by atoms with Crippen molar-refractivity contribution in [3.63, 3.8) is 0 Å². The van der Waals surface area contributed by atoms with E-state index in [9.17, 15) is 4.79 Å². The molecule has 1 aromatic heterocycles. The number of fused-ring (bicyclic) bond motifs is 1. The molecule has 0 bridgehead atoms. The van der Waals surface area contributed by atoms with E-state index in [1.165, 1.54) is 29.5 Å². The van der Waals surface area contributed by atoms with Crippen molar-refractivity contribution in [2.24, 2.45) is 0 Å². The summed E-state index contributed by atoms with van der Waals surface area (Å²) in [6.45, 7) is 11.4. The number of aryl methyl sites for hydroxylation is 2. The Balaban J connectivity index is 0.000000376. The van der Waals surface area contributed by atoms with E-state index >= 15 is 0 Å². The number of ketones is 1. The minimum Gasteiger partial charge on any atom is -0.668 e. The summed E-state index contributed by atoms with van der Waals surface area (Å²) in [6, 6.07) is 16.8. The zero-order valence-corrected chi connectivity index (χ0v) is 19.1. The predicted octanol–water partition coefficient (Wildman–Crippen LogP) is 5.99. The number of carbonyl (C=O) groups excluding carboxylic acids is 1. The number of ether oxygens (including phenoxy) is 1. The summed E-state index contributed by atoms with van der Waals surface area (Å²) in [5.74, 6) is 0.517. The number of allylic oxidation sites excluding steroid dienone is 2. The van der Waals surface area contributed by atoms with Gasteiger partial charge in [-0.05, 0) is 45.4 Å². The average Bonchev–Trinajstić information content (AvgIpc) is 2.63. The molecule has 4 heteroatoms. The Morgan fingerprint density at radius 2 is 1.61 bits per heavy atom. The molecule has 0 amide bonds. The average molecular weight is 552 g/mol. The molecule has 0 atom stereocenters. The Hall–Kier alpha value is -2.42. The standard InChI is InChI=1S/C18H16N.C6H9O2.Ir/c1-12-4-6-14(3)16(10-12)17-9-8-15-7-5-13(2)11-18(15)19-17;1-5(7)4-6(2)8-3;/h4-11H,3H2,1-2H3;4H,3H2,1-2H3;/q2*-1;. The largest absolute Gasteiger partial charge is 0.668 e. The minimum atomic E-state index is -0.0221. The van der Waals surface area contributed by atoms with Crippen LogP contribution in [0.4, 0.5) is 0 Å². The molecule has 1 radical (unpaired) electrons. The molecule has 3 rings (SSSR count). The Labute approximate surface area is 181 Å². The van der Waals surface area contributed by atoms with Crippen molar-refractivity contribution in [3.8, 4) is 11.3 Å². The van der Waals surface area contributed by atoms with Crippen LogP contribution in [0.1, 0.15) is 30.5 Å². The fraction of sp³-hybridized carbons (Fsp3) is 0.167. The Bertz CT molecular complexity index is 993. The molecule has 2 aromatic carbocycles. The fourth-order valence-electron chi connectivity index (χ4n) is 2.63. The van der Waals surface area contributed by atoms with Gasteiger partial charge in [0.1, 0.15) is 0 Å². The van der Waals surface area contributed by atoms with Gasteiger partial charge >= 0.3 is 0 Å². The number of rotatable bonds is 3. The molecule has 0 fully saturated rings. The molecular formula is C24H25IrNO2-2. The first kappa shape index (κ1) is 23.6. The van der Waals surface area contributed by atoms with Gasteiger partial charge in [0.2, 0.25) is 0 Å². The number of nitrogens with zero attached hydrogens (tertiary/aromatic N) is 1. The Kier molecular flexibility index (Phi) is 9.11. The maximum absolute atomic E-state index is 10.2. The predicted molar refractivity (Wildman–Crippen MR) is 112 cm³/mol. The molecule has 0 aliphatic heterocycles. The summed E-state index contributed by atoms with van der Waals surface area (Å²) >= 11 is 0. The summed E-state index contributed by atoms with van der Waals surface area (Å²) in [5, 5.41) is 1.17. The van der Waals surface area contributed by atoms with Gasteiger partial charge in [0.05, 0.1) is 11.3 Å². The van der Waals surface area contributed by atoms with Gasteiger partial charge in [-0.25, -0.2) is 0 Å². The molecule has 0 aliphatic carbocycles. The van der Waals surface area contributed by atoms with Gasteiger partial charge in [0.15, 0.2) is 5.78 Å². The second-order valence-corrected chi connectivity index (χ2v) is 6.56. The van der Waals surface area contributed by atoms with Crippen LogP contribution in [-0.2, 0) is 29.6 Å². The van der Waals surface area contributed by atoms with Crippen LogP contribution in [0.2, 0.25) is 0 Å². The normalized spacial score (nSPS) is 10.5. The van der Waals surface area contributed by atoms with Gasteiger partial charge in [-0.2, -0.15) is 25.7 Å². The van der Waals surface area contributed by atoms with Crippen LogP contribution in [0.5, 0.6) is 0 Å². The molecule has 1 heterocycles. The van der Waals surface area contributed by atoms with Crippen LogP contribution < -0.4 is 0 Å². The van der Waals surface area contributed by atoms with Crippen LogP contribution in [0.25, 0.3) is 22.2 Å². The second-order valence-electron chi connectivity index (χ2n) is 6.56. The van der Waals surface area contributed by atoms with E-state index in [1.807, 2.05) is 6.07 Å². The van der Waals surface area contributed by atoms with E-state index in [-0.39, 0.29) is 25.9 Å². The number of aromatic nitrogens is 1. The number of hydrogen-bond donors (Lipinski definition) is 0. The molecule has 0 saturated heterocycles. The summed E-state index contributed by atoms with van der Waals surface area (Å²) in [4.78, 5) is 15.0. The molecule has 3 aromatic rings. The topological polar surface area (TPSA) is 39.2 Å². The number of benzene rings is 2. The van der Waals surface area contributed by atoms with E-state index in [1.54, 1.807) is 6.92 Å². The third-order valence-electron chi connectivity index (χ3n) is 4.02. The first-order valence-electron chi connectivity index (χ1n) is 8.71. The van der Waals surface area contributed by atoms with E-state index < -0.39 is 0 Å². The molecular weight excluding hydrogens is 526 g/mol. The van der Waals surface area contributed by atoms with E-state index in [4.69, 9.17) is 4.98 Å². The smallest absolute Gasteiger partial charge is 0.155 e. The van der Waals surface area contributed by atoms with Crippen LogP contribution >= 0.6 is 0 Å². The van der Waals surface area contributed by atoms with Crippen LogP contribution in [0.15, 0.2) is 60.4 Å². The number of carbonyl (C=O) groups is 1. The van der Waals surface area contributed by atoms with Crippen LogP contribution in [0, 0.1) is 27.9 Å². The van der Waals surface area contributed by atoms with Crippen molar-refractivity contribution in [3.05, 3.63) is 91.1 Å². The molecule has 0 unspecified atom stereocenters. The maximum atomic E-state index is 10.2. The van der Waals surface area contributed by atoms with E-state index in [0.29, 0.717) is 5.76 Å². The zero-order chi connectivity index (χ0) is 20.0. The van der Waals surface area contributed by atoms with Gasteiger partial charge in [-0.15, -0.1) is 17.7 Å². The molecule has 0 aliphatic rings. The van der Waals surface area contributed by atoms with E-state index in [2.05, 4.69) is 75.1 Å². The van der Waals surface area contributed by atoms with E-state index in [0.717, 1.165) is 22.3 Å². The van der Waals surface area contributed by atoms with Crippen LogP contribution in [0.3, 0.4) is 0 Å². The monoisotopic (exact) mass is 552 g/mol. The third-order valence-corrected chi connectivity index (χ3v) is 4.02. The summed E-state index contributed by atoms with van der Waals surface area (Å²) < 4.78 is 4.45. The van der Waals surface area contributed by atoms with Crippen molar-refractivity contribution >= 4 is 16.7 Å². The maximum Gasteiger partial charge on any atom is 0.155 e. The SMILES string of the molecule is [CH2-]OC(C)=CC(C)=O.[CH2-]c1ccc(C)cc1-c1ccc2ccc(C)cc2n1.[Ir]. The quantitative estimate of drug-likeness (QED) is 0.228. The zero-order valence-electron chi connectivity index (χ0n) is 16.7. The van der Waals surface area contributed by atoms with Crippen molar-refractivity contribution in [2.75, 3.05) is 0 Å². The third kappa shape index (κ3) is 6.63. The van der Waals surface area contributed by atoms with Crippen molar-refractivity contribution < 1.29 is 29.6 Å². The molecule has 0 spiro atoms. The number of hydrogen-bond acceptors (Lipinski definition) is 3. The summed E-state index contributed by atoms with van der Waals surface area (Å²) in [6.07, 6.45) is 1.38. The molecule has 28 heavy (non-hydrogen) atoms. The minimum absolute atomic E-state index is 0. The van der Waals surface area contributed by atoms with Crippen molar-refractivity contribution in [2.45, 2.75) is 27.7 Å². The summed E-state index contributed by atoms with van der Waals surface area (Å²) in [7, 11) is 3.12. The molecule has 0 N–H and O–H groups in total. The van der Waals surface area contributed by atoms with Gasteiger partial charge < -0.3 is 4.74 Å². The molecule has 149 valence electrons. The van der Waals surface area contributed by atoms with Gasteiger partial charge in [0, 0.05) is 37.3 Å². The molecule has 3 nitrogen and oxygen atoms in total. The van der Waals surface area contributed by atoms with Gasteiger partial charge in [0.25, 0.3) is 0 Å². The first-order valence-corrected chi connectivity index (χ1v) is 8.71.